The summed E-state index contributed by atoms with van der Waals surface area (Å²) in [4.78, 5) is 17.9. The van der Waals surface area contributed by atoms with Gasteiger partial charge in [0.15, 0.2) is 0 Å². The molecule has 116 valence electrons. The molecule has 1 aromatic heterocycles. The summed E-state index contributed by atoms with van der Waals surface area (Å²) >= 11 is 6.05. The van der Waals surface area contributed by atoms with Crippen LogP contribution in [0.25, 0.3) is 0 Å². The summed E-state index contributed by atoms with van der Waals surface area (Å²) in [5.74, 6) is 0. The highest BCUT2D eigenvalue weighted by molar-refractivity contribution is 6.31. The first-order valence-corrected chi connectivity index (χ1v) is 7.30. The predicted octanol–water partition coefficient (Wildman–Crippen LogP) is 3.07. The SMILES string of the molecule is Cc1ccc(NC(=O)N(CCO)Cc2cccnc2)cc1Cl. The molecule has 0 bridgehead atoms. The van der Waals surface area contributed by atoms with Gasteiger partial charge < -0.3 is 15.3 Å². The zero-order valence-corrected chi connectivity index (χ0v) is 13.0. The normalized spacial score (nSPS) is 10.3. The van der Waals surface area contributed by atoms with Crippen LogP contribution in [0, 0.1) is 6.92 Å². The van der Waals surface area contributed by atoms with Gasteiger partial charge in [-0.1, -0.05) is 23.7 Å². The van der Waals surface area contributed by atoms with Crippen LogP contribution in [0.1, 0.15) is 11.1 Å². The van der Waals surface area contributed by atoms with Gasteiger partial charge in [-0.3, -0.25) is 4.98 Å². The number of carbonyl (C=O) groups excluding carboxylic acids is 1. The van der Waals surface area contributed by atoms with Crippen molar-refractivity contribution < 1.29 is 9.90 Å². The number of hydrogen-bond donors (Lipinski definition) is 2. The highest BCUT2D eigenvalue weighted by atomic mass is 35.5. The minimum atomic E-state index is -0.294. The van der Waals surface area contributed by atoms with E-state index in [1.165, 1.54) is 4.90 Å². The molecule has 2 rings (SSSR count). The Balaban J connectivity index is 2.07. The number of aryl methyl sites for hydroxylation is 1. The second-order valence-electron chi connectivity index (χ2n) is 4.90. The zero-order chi connectivity index (χ0) is 15.9. The molecule has 0 fully saturated rings. The van der Waals surface area contributed by atoms with Crippen molar-refractivity contribution in [3.8, 4) is 0 Å². The van der Waals surface area contributed by atoms with E-state index in [2.05, 4.69) is 10.3 Å². The Morgan fingerprint density at radius 2 is 2.23 bits per heavy atom. The molecule has 5 nitrogen and oxygen atoms in total. The highest BCUT2D eigenvalue weighted by Gasteiger charge is 2.14. The number of halogens is 1. The minimum Gasteiger partial charge on any atom is -0.395 e. The maximum atomic E-state index is 12.3. The number of rotatable bonds is 5. The molecule has 0 aliphatic heterocycles. The zero-order valence-electron chi connectivity index (χ0n) is 12.3. The number of urea groups is 1. The van der Waals surface area contributed by atoms with Crippen molar-refractivity contribution in [2.75, 3.05) is 18.5 Å². The van der Waals surface area contributed by atoms with Crippen molar-refractivity contribution in [3.63, 3.8) is 0 Å². The summed E-state index contributed by atoms with van der Waals surface area (Å²) in [7, 11) is 0. The lowest BCUT2D eigenvalue weighted by Gasteiger charge is -2.22. The Labute approximate surface area is 134 Å². The molecule has 0 saturated carbocycles. The average Bonchev–Trinajstić information content (AvgIpc) is 2.51. The van der Waals surface area contributed by atoms with Crippen LogP contribution < -0.4 is 5.32 Å². The number of nitrogens with one attached hydrogen (secondary N) is 1. The summed E-state index contributed by atoms with van der Waals surface area (Å²) in [6, 6.07) is 8.74. The molecule has 0 unspecified atom stereocenters. The van der Waals surface area contributed by atoms with Crippen molar-refractivity contribution in [1.29, 1.82) is 0 Å². The third kappa shape index (κ3) is 4.44. The molecule has 0 spiro atoms. The Morgan fingerprint density at radius 1 is 1.41 bits per heavy atom. The van der Waals surface area contributed by atoms with E-state index in [1.807, 2.05) is 25.1 Å². The lowest BCUT2D eigenvalue weighted by Crippen LogP contribution is -2.36. The fourth-order valence-corrected chi connectivity index (χ4v) is 2.14. The van der Waals surface area contributed by atoms with Crippen LogP contribution in [0.3, 0.4) is 0 Å². The van der Waals surface area contributed by atoms with Gasteiger partial charge >= 0.3 is 6.03 Å². The predicted molar refractivity (Wildman–Crippen MR) is 86.9 cm³/mol. The molecule has 1 heterocycles. The summed E-state index contributed by atoms with van der Waals surface area (Å²) in [6.45, 7) is 2.40. The van der Waals surface area contributed by atoms with Gasteiger partial charge in [-0.2, -0.15) is 0 Å². The third-order valence-corrected chi connectivity index (χ3v) is 3.58. The van der Waals surface area contributed by atoms with E-state index < -0.39 is 0 Å². The van der Waals surface area contributed by atoms with Crippen molar-refractivity contribution in [2.24, 2.45) is 0 Å². The number of aliphatic hydroxyl groups excluding tert-OH is 1. The van der Waals surface area contributed by atoms with Crippen LogP contribution in [0.2, 0.25) is 5.02 Å². The number of hydrogen-bond acceptors (Lipinski definition) is 3. The second kappa shape index (κ2) is 7.77. The van der Waals surface area contributed by atoms with E-state index in [1.54, 1.807) is 24.5 Å². The molecule has 2 N–H and O–H groups in total. The second-order valence-corrected chi connectivity index (χ2v) is 5.31. The maximum Gasteiger partial charge on any atom is 0.322 e. The van der Waals surface area contributed by atoms with Gasteiger partial charge in [-0.15, -0.1) is 0 Å². The molecule has 0 radical (unpaired) electrons. The first kappa shape index (κ1) is 16.3. The first-order chi connectivity index (χ1) is 10.6. The summed E-state index contributed by atoms with van der Waals surface area (Å²) in [5, 5.41) is 12.5. The Hall–Kier alpha value is -2.11. The highest BCUT2D eigenvalue weighted by Crippen LogP contribution is 2.20. The third-order valence-electron chi connectivity index (χ3n) is 3.18. The molecule has 2 aromatic rings. The molecule has 0 aliphatic carbocycles. The van der Waals surface area contributed by atoms with E-state index in [0.717, 1.165) is 11.1 Å². The van der Waals surface area contributed by atoms with Crippen LogP contribution in [0.5, 0.6) is 0 Å². The summed E-state index contributed by atoms with van der Waals surface area (Å²) in [5.41, 5.74) is 2.46. The van der Waals surface area contributed by atoms with Gasteiger partial charge in [0.05, 0.1) is 6.61 Å². The van der Waals surface area contributed by atoms with Crippen LogP contribution >= 0.6 is 11.6 Å². The number of carbonyl (C=O) groups is 1. The van der Waals surface area contributed by atoms with Crippen LogP contribution in [0.4, 0.5) is 10.5 Å². The standard InChI is InChI=1S/C16H18ClN3O2/c1-12-4-5-14(9-15(12)17)19-16(22)20(7-8-21)11-13-3-2-6-18-10-13/h2-6,9-10,21H,7-8,11H2,1H3,(H,19,22). The number of aliphatic hydroxyl groups is 1. The molecular formula is C16H18ClN3O2. The molecule has 1 aromatic carbocycles. The summed E-state index contributed by atoms with van der Waals surface area (Å²) in [6.07, 6.45) is 3.37. The Bertz CT molecular complexity index is 635. The van der Waals surface area contributed by atoms with E-state index in [0.29, 0.717) is 17.3 Å². The lowest BCUT2D eigenvalue weighted by molar-refractivity contribution is 0.185. The van der Waals surface area contributed by atoms with E-state index in [4.69, 9.17) is 16.7 Å². The van der Waals surface area contributed by atoms with Gasteiger partial charge in [-0.05, 0) is 36.2 Å². The molecule has 22 heavy (non-hydrogen) atoms. The topological polar surface area (TPSA) is 65.5 Å². The van der Waals surface area contributed by atoms with Crippen molar-refractivity contribution >= 4 is 23.3 Å². The molecule has 6 heteroatoms. The van der Waals surface area contributed by atoms with E-state index in [-0.39, 0.29) is 19.2 Å². The maximum absolute atomic E-state index is 12.3. The van der Waals surface area contributed by atoms with E-state index in [9.17, 15) is 4.79 Å². The smallest absolute Gasteiger partial charge is 0.322 e. The number of amides is 2. The largest absolute Gasteiger partial charge is 0.395 e. The quantitative estimate of drug-likeness (QED) is 0.890. The minimum absolute atomic E-state index is 0.109. The monoisotopic (exact) mass is 319 g/mol. The average molecular weight is 320 g/mol. The van der Waals surface area contributed by atoms with Gasteiger partial charge in [0.25, 0.3) is 0 Å². The number of benzene rings is 1. The van der Waals surface area contributed by atoms with Gasteiger partial charge in [0.2, 0.25) is 0 Å². The molecule has 0 atom stereocenters. The first-order valence-electron chi connectivity index (χ1n) is 6.92. The Morgan fingerprint density at radius 3 is 2.86 bits per heavy atom. The van der Waals surface area contributed by atoms with Crippen molar-refractivity contribution in [3.05, 3.63) is 58.9 Å². The van der Waals surface area contributed by atoms with Gasteiger partial charge in [0, 0.05) is 36.2 Å². The van der Waals surface area contributed by atoms with Gasteiger partial charge in [-0.25, -0.2) is 4.79 Å². The van der Waals surface area contributed by atoms with E-state index >= 15 is 0 Å². The van der Waals surface area contributed by atoms with Crippen LogP contribution in [-0.2, 0) is 6.54 Å². The summed E-state index contributed by atoms with van der Waals surface area (Å²) < 4.78 is 0. The Kier molecular flexibility index (Phi) is 5.75. The number of pyridine rings is 1. The van der Waals surface area contributed by atoms with Crippen LogP contribution in [-0.4, -0.2) is 34.2 Å². The number of aromatic nitrogens is 1. The van der Waals surface area contributed by atoms with Crippen LogP contribution in [0.15, 0.2) is 42.7 Å². The molecule has 2 amide bonds. The lowest BCUT2D eigenvalue weighted by atomic mass is 10.2. The fraction of sp³-hybridized carbons (Fsp3) is 0.250. The number of anilines is 1. The molecular weight excluding hydrogens is 302 g/mol. The fourth-order valence-electron chi connectivity index (χ4n) is 1.96. The van der Waals surface area contributed by atoms with Crippen molar-refractivity contribution in [1.82, 2.24) is 9.88 Å². The van der Waals surface area contributed by atoms with Crippen molar-refractivity contribution in [2.45, 2.75) is 13.5 Å². The molecule has 0 saturated heterocycles. The van der Waals surface area contributed by atoms with Gasteiger partial charge in [0.1, 0.15) is 0 Å². The molecule has 0 aliphatic rings. The number of nitrogens with zero attached hydrogens (tertiary/aromatic N) is 2.